The molecule has 0 aliphatic carbocycles. The number of piperazine rings is 1. The molecule has 0 spiro atoms. The highest BCUT2D eigenvalue weighted by atomic mass is 32.1. The molecule has 1 aliphatic heterocycles. The van der Waals surface area contributed by atoms with E-state index in [1.165, 1.54) is 11.3 Å². The van der Waals surface area contributed by atoms with Crippen molar-refractivity contribution >= 4 is 17.2 Å². The highest BCUT2D eigenvalue weighted by Gasteiger charge is 2.24. The number of carbonyl (C=O) groups excluding carboxylic acids is 1. The second-order valence-corrected chi connectivity index (χ2v) is 7.37. The molecule has 0 N–H and O–H groups in total. The van der Waals surface area contributed by atoms with Gasteiger partial charge < -0.3 is 9.47 Å². The summed E-state index contributed by atoms with van der Waals surface area (Å²) in [5, 5.41) is 0.960. The Balaban J connectivity index is 1.50. The van der Waals surface area contributed by atoms with Crippen LogP contribution in [0.3, 0.4) is 0 Å². The molecule has 3 rings (SSSR count). The number of carbonyl (C=O) groups is 1. The number of imidazole rings is 1. The molecule has 1 saturated heterocycles. The van der Waals surface area contributed by atoms with Gasteiger partial charge in [-0.2, -0.15) is 0 Å². The van der Waals surface area contributed by atoms with Gasteiger partial charge in [0.05, 0.1) is 10.7 Å². The van der Waals surface area contributed by atoms with E-state index in [2.05, 4.69) is 26.4 Å². The maximum Gasteiger partial charge on any atom is 0.265 e. The van der Waals surface area contributed by atoms with Crippen molar-refractivity contribution in [1.82, 2.24) is 24.3 Å². The lowest BCUT2D eigenvalue weighted by Crippen LogP contribution is -2.49. The Morgan fingerprint density at radius 1 is 1.21 bits per heavy atom. The van der Waals surface area contributed by atoms with Gasteiger partial charge in [0.25, 0.3) is 5.91 Å². The van der Waals surface area contributed by atoms with E-state index in [1.807, 2.05) is 31.1 Å². The molecule has 1 aliphatic rings. The molecule has 130 valence electrons. The van der Waals surface area contributed by atoms with Crippen LogP contribution in [0.5, 0.6) is 0 Å². The van der Waals surface area contributed by atoms with Gasteiger partial charge in [0.15, 0.2) is 0 Å². The van der Waals surface area contributed by atoms with Crippen LogP contribution in [0.15, 0.2) is 12.4 Å². The zero-order valence-corrected chi connectivity index (χ0v) is 15.5. The van der Waals surface area contributed by atoms with Gasteiger partial charge in [0.2, 0.25) is 0 Å². The molecule has 1 amide bonds. The van der Waals surface area contributed by atoms with Gasteiger partial charge in [-0.3, -0.25) is 9.69 Å². The summed E-state index contributed by atoms with van der Waals surface area (Å²) in [5.74, 6) is 1.28. The van der Waals surface area contributed by atoms with Crippen LogP contribution in [0, 0.1) is 13.8 Å². The molecule has 0 saturated carbocycles. The first-order valence-electron chi connectivity index (χ1n) is 8.54. The number of aromatic nitrogens is 3. The van der Waals surface area contributed by atoms with E-state index in [9.17, 15) is 4.79 Å². The molecule has 1 fully saturated rings. The van der Waals surface area contributed by atoms with Crippen LogP contribution in [-0.4, -0.2) is 63.0 Å². The van der Waals surface area contributed by atoms with Crippen molar-refractivity contribution in [2.75, 3.05) is 32.7 Å². The van der Waals surface area contributed by atoms with Crippen LogP contribution >= 0.6 is 11.3 Å². The van der Waals surface area contributed by atoms with Crippen molar-refractivity contribution < 1.29 is 4.79 Å². The van der Waals surface area contributed by atoms with Crippen molar-refractivity contribution in [3.05, 3.63) is 33.8 Å². The van der Waals surface area contributed by atoms with E-state index < -0.39 is 0 Å². The molecule has 0 atom stereocenters. The lowest BCUT2D eigenvalue weighted by atomic mass is 10.2. The predicted molar refractivity (Wildman–Crippen MR) is 95.5 cm³/mol. The zero-order valence-electron chi connectivity index (χ0n) is 14.7. The normalized spacial score (nSPS) is 15.9. The smallest absolute Gasteiger partial charge is 0.265 e. The van der Waals surface area contributed by atoms with Crippen molar-refractivity contribution in [2.24, 2.45) is 0 Å². The largest absolute Gasteiger partial charge is 0.335 e. The van der Waals surface area contributed by atoms with Crippen molar-refractivity contribution in [3.63, 3.8) is 0 Å². The third kappa shape index (κ3) is 3.67. The van der Waals surface area contributed by atoms with Crippen molar-refractivity contribution in [2.45, 2.75) is 33.7 Å². The number of nitrogens with zero attached hydrogens (tertiary/aromatic N) is 5. The summed E-state index contributed by atoms with van der Waals surface area (Å²) in [7, 11) is 0. The number of thiazole rings is 1. The summed E-state index contributed by atoms with van der Waals surface area (Å²) >= 11 is 1.50. The number of rotatable bonds is 5. The van der Waals surface area contributed by atoms with Crippen molar-refractivity contribution in [3.8, 4) is 0 Å². The Bertz CT molecular complexity index is 700. The van der Waals surface area contributed by atoms with E-state index in [-0.39, 0.29) is 5.91 Å². The molecule has 3 heterocycles. The first-order chi connectivity index (χ1) is 11.6. The Kier molecular flexibility index (Phi) is 5.30. The average Bonchev–Trinajstić information content (AvgIpc) is 3.18. The van der Waals surface area contributed by atoms with Crippen LogP contribution < -0.4 is 0 Å². The fourth-order valence-electron chi connectivity index (χ4n) is 3.16. The molecule has 6 nitrogen and oxygen atoms in total. The van der Waals surface area contributed by atoms with Crippen LogP contribution in [-0.2, 0) is 13.0 Å². The summed E-state index contributed by atoms with van der Waals surface area (Å²) in [5.41, 5.74) is 0.858. The first-order valence-corrected chi connectivity index (χ1v) is 9.35. The molecule has 0 unspecified atom stereocenters. The lowest BCUT2D eigenvalue weighted by Gasteiger charge is -2.34. The average molecular weight is 347 g/mol. The van der Waals surface area contributed by atoms with Crippen LogP contribution in [0.2, 0.25) is 0 Å². The highest BCUT2D eigenvalue weighted by molar-refractivity contribution is 7.13. The van der Waals surface area contributed by atoms with Crippen LogP contribution in [0.1, 0.15) is 33.1 Å². The monoisotopic (exact) mass is 347 g/mol. The lowest BCUT2D eigenvalue weighted by molar-refractivity contribution is 0.0637. The van der Waals surface area contributed by atoms with Gasteiger partial charge >= 0.3 is 0 Å². The van der Waals surface area contributed by atoms with Crippen LogP contribution in [0.25, 0.3) is 0 Å². The predicted octanol–water partition coefficient (Wildman–Crippen LogP) is 1.98. The second kappa shape index (κ2) is 7.44. The third-order valence-electron chi connectivity index (χ3n) is 4.53. The Labute approximate surface area is 147 Å². The molecular formula is C17H25N5OS. The summed E-state index contributed by atoms with van der Waals surface area (Å²) in [6, 6.07) is 0. The Morgan fingerprint density at radius 3 is 2.58 bits per heavy atom. The van der Waals surface area contributed by atoms with Gasteiger partial charge in [-0.25, -0.2) is 9.97 Å². The maximum atomic E-state index is 12.6. The quantitative estimate of drug-likeness (QED) is 0.830. The number of aryl methyl sites for hydroxylation is 3. The molecule has 2 aromatic heterocycles. The minimum absolute atomic E-state index is 0.139. The Morgan fingerprint density at radius 2 is 1.96 bits per heavy atom. The number of amides is 1. The molecule has 0 radical (unpaired) electrons. The second-order valence-electron chi connectivity index (χ2n) is 6.17. The van der Waals surface area contributed by atoms with E-state index in [0.29, 0.717) is 0 Å². The molecule has 0 bridgehead atoms. The molecule has 7 heteroatoms. The minimum Gasteiger partial charge on any atom is -0.335 e. The van der Waals surface area contributed by atoms with Gasteiger partial charge in [-0.1, -0.05) is 6.92 Å². The van der Waals surface area contributed by atoms with E-state index in [0.717, 1.165) is 67.1 Å². The third-order valence-corrected chi connectivity index (χ3v) is 5.59. The number of hydrogen-bond donors (Lipinski definition) is 0. The Hall–Kier alpha value is -1.73. The van der Waals surface area contributed by atoms with E-state index >= 15 is 0 Å². The van der Waals surface area contributed by atoms with Crippen molar-refractivity contribution in [1.29, 1.82) is 0 Å². The van der Waals surface area contributed by atoms with E-state index in [1.54, 1.807) is 0 Å². The van der Waals surface area contributed by atoms with Gasteiger partial charge in [-0.05, 0) is 13.8 Å². The fraction of sp³-hybridized carbons (Fsp3) is 0.588. The van der Waals surface area contributed by atoms with Gasteiger partial charge in [-0.15, -0.1) is 11.3 Å². The standard InChI is InChI=1S/C17H25N5OS/c1-4-15-18-5-6-21(15)10-7-20-8-11-22(12-9-20)17(23)16-13(2)19-14(3)24-16/h5-6H,4,7-12H2,1-3H3. The SMILES string of the molecule is CCc1nccn1CCN1CCN(C(=O)c2sc(C)nc2C)CC1. The van der Waals surface area contributed by atoms with E-state index in [4.69, 9.17) is 0 Å². The maximum absolute atomic E-state index is 12.6. The molecule has 0 aromatic carbocycles. The highest BCUT2D eigenvalue weighted by Crippen LogP contribution is 2.20. The molecule has 24 heavy (non-hydrogen) atoms. The first kappa shape index (κ1) is 17.1. The minimum atomic E-state index is 0.139. The summed E-state index contributed by atoms with van der Waals surface area (Å²) in [6.07, 6.45) is 4.88. The molecular weight excluding hydrogens is 322 g/mol. The van der Waals surface area contributed by atoms with Gasteiger partial charge in [0.1, 0.15) is 10.7 Å². The number of hydrogen-bond acceptors (Lipinski definition) is 5. The summed E-state index contributed by atoms with van der Waals surface area (Å²) < 4.78 is 2.22. The molecule has 2 aromatic rings. The summed E-state index contributed by atoms with van der Waals surface area (Å²) in [6.45, 7) is 11.4. The zero-order chi connectivity index (χ0) is 17.1. The van der Waals surface area contributed by atoms with Crippen LogP contribution in [0.4, 0.5) is 0 Å². The summed E-state index contributed by atoms with van der Waals surface area (Å²) in [4.78, 5) is 26.6. The fourth-order valence-corrected chi connectivity index (χ4v) is 4.04. The topological polar surface area (TPSA) is 54.3 Å². The van der Waals surface area contributed by atoms with Gasteiger partial charge in [0, 0.05) is 58.1 Å².